The predicted molar refractivity (Wildman–Crippen MR) is 54.1 cm³/mol. The Hall–Kier alpha value is -0.900. The summed E-state index contributed by atoms with van der Waals surface area (Å²) in [6.07, 6.45) is 0.0300. The second-order valence-electron chi connectivity index (χ2n) is 4.62. The molecule has 0 bridgehead atoms. The van der Waals surface area contributed by atoms with Gasteiger partial charge in [-0.2, -0.15) is 0 Å². The van der Waals surface area contributed by atoms with E-state index in [1.165, 1.54) is 0 Å². The van der Waals surface area contributed by atoms with Gasteiger partial charge in [-0.1, -0.05) is 13.8 Å². The summed E-state index contributed by atoms with van der Waals surface area (Å²) in [6, 6.07) is -0.303. The van der Waals surface area contributed by atoms with Crippen molar-refractivity contribution in [1.29, 1.82) is 0 Å². The summed E-state index contributed by atoms with van der Waals surface area (Å²) in [4.78, 5) is 25.3. The van der Waals surface area contributed by atoms with E-state index in [1.54, 1.807) is 11.8 Å². The molecule has 2 rings (SSSR count). The standard InChI is InChI=1S/C11H17NO3/c1-4-7-10(14)5(2)9-8(6(3)13)11(15)12(7)9/h5-9,13H,4H2,1-3H3. The van der Waals surface area contributed by atoms with E-state index in [0.29, 0.717) is 6.42 Å². The van der Waals surface area contributed by atoms with Crippen molar-refractivity contribution < 1.29 is 14.7 Å². The summed E-state index contributed by atoms with van der Waals surface area (Å²) in [7, 11) is 0. The lowest BCUT2D eigenvalue weighted by Crippen LogP contribution is -2.64. The Bertz CT molecular complexity index is 313. The smallest absolute Gasteiger partial charge is 0.231 e. The van der Waals surface area contributed by atoms with Gasteiger partial charge in [-0.3, -0.25) is 9.59 Å². The van der Waals surface area contributed by atoms with Crippen LogP contribution >= 0.6 is 0 Å². The Kier molecular flexibility index (Phi) is 2.34. The average Bonchev–Trinajstić information content (AvgIpc) is 2.38. The first-order valence-electron chi connectivity index (χ1n) is 5.54. The molecule has 0 aromatic carbocycles. The molecule has 2 saturated heterocycles. The Morgan fingerprint density at radius 1 is 1.47 bits per heavy atom. The van der Waals surface area contributed by atoms with Crippen molar-refractivity contribution in [2.75, 3.05) is 0 Å². The van der Waals surface area contributed by atoms with Crippen molar-refractivity contribution in [2.24, 2.45) is 11.8 Å². The number of β-lactam (4-membered cyclic amide) rings is 1. The van der Waals surface area contributed by atoms with E-state index in [0.717, 1.165) is 0 Å². The molecule has 0 spiro atoms. The summed E-state index contributed by atoms with van der Waals surface area (Å²) >= 11 is 0. The Labute approximate surface area is 89.3 Å². The van der Waals surface area contributed by atoms with Gasteiger partial charge in [0.2, 0.25) is 5.91 Å². The van der Waals surface area contributed by atoms with Crippen LogP contribution in [0.1, 0.15) is 27.2 Å². The van der Waals surface area contributed by atoms with Gasteiger partial charge < -0.3 is 10.0 Å². The van der Waals surface area contributed by atoms with Gasteiger partial charge in [0, 0.05) is 5.92 Å². The number of fused-ring (bicyclic) bond motifs is 1. The summed E-state index contributed by atoms with van der Waals surface area (Å²) in [6.45, 7) is 5.40. The monoisotopic (exact) mass is 211 g/mol. The molecule has 1 amide bonds. The lowest BCUT2D eigenvalue weighted by Gasteiger charge is -2.47. The van der Waals surface area contributed by atoms with Crippen molar-refractivity contribution in [3.63, 3.8) is 0 Å². The van der Waals surface area contributed by atoms with E-state index in [9.17, 15) is 14.7 Å². The minimum atomic E-state index is -0.649. The van der Waals surface area contributed by atoms with Crippen LogP contribution in [0.2, 0.25) is 0 Å². The molecule has 84 valence electrons. The highest BCUT2D eigenvalue weighted by Crippen LogP contribution is 2.43. The quantitative estimate of drug-likeness (QED) is 0.663. The molecular weight excluding hydrogens is 194 g/mol. The minimum Gasteiger partial charge on any atom is -0.393 e. The van der Waals surface area contributed by atoms with E-state index < -0.39 is 6.10 Å². The molecule has 0 saturated carbocycles. The van der Waals surface area contributed by atoms with E-state index >= 15 is 0 Å². The lowest BCUT2D eigenvalue weighted by molar-refractivity contribution is -0.165. The third-order valence-electron chi connectivity index (χ3n) is 3.76. The maximum atomic E-state index is 11.8. The van der Waals surface area contributed by atoms with Crippen LogP contribution in [-0.2, 0) is 9.59 Å². The van der Waals surface area contributed by atoms with Gasteiger partial charge in [0.05, 0.1) is 24.1 Å². The normalized spacial score (nSPS) is 41.5. The highest BCUT2D eigenvalue weighted by atomic mass is 16.3. The lowest BCUT2D eigenvalue weighted by atomic mass is 9.79. The SMILES string of the molecule is CCC1C(=O)C(C)C2C(C(C)O)C(=O)N12. The molecule has 0 aromatic heterocycles. The number of hydrogen-bond donors (Lipinski definition) is 1. The zero-order chi connectivity index (χ0) is 11.3. The second kappa shape index (κ2) is 3.30. The van der Waals surface area contributed by atoms with Crippen molar-refractivity contribution in [3.05, 3.63) is 0 Å². The largest absolute Gasteiger partial charge is 0.393 e. The van der Waals surface area contributed by atoms with Gasteiger partial charge in [-0.15, -0.1) is 0 Å². The number of carbonyl (C=O) groups excluding carboxylic acids is 2. The summed E-state index contributed by atoms with van der Waals surface area (Å²) in [5, 5.41) is 9.49. The van der Waals surface area contributed by atoms with Crippen molar-refractivity contribution in [2.45, 2.75) is 45.4 Å². The van der Waals surface area contributed by atoms with Gasteiger partial charge in [0.25, 0.3) is 0 Å². The van der Waals surface area contributed by atoms with Gasteiger partial charge >= 0.3 is 0 Å². The van der Waals surface area contributed by atoms with Crippen LogP contribution in [0.5, 0.6) is 0 Å². The van der Waals surface area contributed by atoms with Crippen LogP contribution in [-0.4, -0.2) is 39.9 Å². The van der Waals surface area contributed by atoms with E-state index in [1.807, 2.05) is 13.8 Å². The van der Waals surface area contributed by atoms with Gasteiger partial charge in [-0.25, -0.2) is 0 Å². The Morgan fingerprint density at radius 2 is 2.07 bits per heavy atom. The van der Waals surface area contributed by atoms with Crippen LogP contribution in [0.3, 0.4) is 0 Å². The van der Waals surface area contributed by atoms with Crippen LogP contribution < -0.4 is 0 Å². The molecule has 1 N–H and O–H groups in total. The number of hydrogen-bond acceptors (Lipinski definition) is 3. The summed E-state index contributed by atoms with van der Waals surface area (Å²) in [5.41, 5.74) is 0. The maximum Gasteiger partial charge on any atom is 0.231 e. The first-order chi connectivity index (χ1) is 7.00. The highest BCUT2D eigenvalue weighted by molar-refractivity contribution is 6.00. The van der Waals surface area contributed by atoms with Gasteiger partial charge in [0.1, 0.15) is 0 Å². The number of carbonyl (C=O) groups is 2. The fourth-order valence-corrected chi connectivity index (χ4v) is 2.97. The van der Waals surface area contributed by atoms with E-state index in [4.69, 9.17) is 0 Å². The molecule has 5 atom stereocenters. The first kappa shape index (κ1) is 10.6. The predicted octanol–water partition coefficient (Wildman–Crippen LogP) is 0.192. The molecule has 2 aliphatic rings. The Morgan fingerprint density at radius 3 is 2.53 bits per heavy atom. The topological polar surface area (TPSA) is 57.6 Å². The molecule has 5 unspecified atom stereocenters. The van der Waals surface area contributed by atoms with Gasteiger partial charge in [-0.05, 0) is 13.3 Å². The highest BCUT2D eigenvalue weighted by Gasteiger charge is 2.61. The zero-order valence-electron chi connectivity index (χ0n) is 9.30. The van der Waals surface area contributed by atoms with E-state index in [2.05, 4.69) is 0 Å². The maximum absolute atomic E-state index is 11.8. The fourth-order valence-electron chi connectivity index (χ4n) is 2.97. The molecular formula is C11H17NO3. The van der Waals surface area contributed by atoms with Crippen LogP contribution in [0.15, 0.2) is 0 Å². The van der Waals surface area contributed by atoms with Crippen LogP contribution in [0.4, 0.5) is 0 Å². The Balaban J connectivity index is 2.26. The van der Waals surface area contributed by atoms with Crippen LogP contribution in [0, 0.1) is 11.8 Å². The van der Waals surface area contributed by atoms with Gasteiger partial charge in [0.15, 0.2) is 5.78 Å². The number of nitrogens with zero attached hydrogens (tertiary/aromatic N) is 1. The summed E-state index contributed by atoms with van der Waals surface area (Å²) < 4.78 is 0. The first-order valence-corrected chi connectivity index (χ1v) is 5.54. The van der Waals surface area contributed by atoms with Crippen molar-refractivity contribution in [3.8, 4) is 0 Å². The number of rotatable bonds is 2. The molecule has 0 aromatic rings. The molecule has 2 heterocycles. The number of aliphatic hydroxyl groups is 1. The van der Waals surface area contributed by atoms with Crippen molar-refractivity contribution >= 4 is 11.7 Å². The van der Waals surface area contributed by atoms with Crippen molar-refractivity contribution in [1.82, 2.24) is 4.90 Å². The molecule has 4 nitrogen and oxygen atoms in total. The van der Waals surface area contributed by atoms with Crippen LogP contribution in [0.25, 0.3) is 0 Å². The molecule has 0 radical (unpaired) electrons. The number of aliphatic hydroxyl groups excluding tert-OH is 1. The van der Waals surface area contributed by atoms with E-state index in [-0.39, 0.29) is 35.6 Å². The molecule has 0 aliphatic carbocycles. The number of Topliss-reactive ketones (excluding diaryl/α,β-unsaturated/α-hetero) is 1. The zero-order valence-corrected chi connectivity index (χ0v) is 9.30. The fraction of sp³-hybridized carbons (Fsp3) is 0.818. The second-order valence-corrected chi connectivity index (χ2v) is 4.62. The third-order valence-corrected chi connectivity index (χ3v) is 3.76. The number of amides is 1. The molecule has 4 heteroatoms. The molecule has 2 fully saturated rings. The minimum absolute atomic E-state index is 0.0560. The third kappa shape index (κ3) is 1.17. The molecule has 15 heavy (non-hydrogen) atoms. The average molecular weight is 211 g/mol. The molecule has 2 aliphatic heterocycles. The summed E-state index contributed by atoms with van der Waals surface area (Å²) in [5.74, 6) is -0.383. The number of ketones is 1.